The van der Waals surface area contributed by atoms with Crippen LogP contribution in [0.25, 0.3) is 0 Å². The Hall–Kier alpha value is -1.09. The van der Waals surface area contributed by atoms with Crippen molar-refractivity contribution in [2.45, 2.75) is 46.0 Å². The molecule has 1 saturated carbocycles. The van der Waals surface area contributed by atoms with Crippen LogP contribution in [0.3, 0.4) is 0 Å². The zero-order chi connectivity index (χ0) is 25.6. The Kier molecular flexibility index (Phi) is 7.70. The summed E-state index contributed by atoms with van der Waals surface area (Å²) < 4.78 is 67.1. The van der Waals surface area contributed by atoms with Crippen molar-refractivity contribution >= 4 is 61.2 Å². The molecule has 11 heteroatoms. The SMILES string of the molecule is C[C@@]12CC[C@@H](c3ccc(OS(=O)(=O)C(F)(F)F)cc3CI)[C@H](c3ccc(CI)cc3)[C@@H]1CNC2=O. The number of amides is 1. The molecule has 190 valence electrons. The number of carbonyl (C=O) groups excluding carboxylic acids is 1. The van der Waals surface area contributed by atoms with Crippen LogP contribution in [0, 0.1) is 11.3 Å². The first-order valence-corrected chi connectivity index (χ1v) is 15.5. The highest BCUT2D eigenvalue weighted by atomic mass is 127. The largest absolute Gasteiger partial charge is 0.534 e. The van der Waals surface area contributed by atoms with Crippen LogP contribution in [0.1, 0.15) is 53.9 Å². The number of alkyl halides is 5. The molecule has 1 aliphatic carbocycles. The van der Waals surface area contributed by atoms with Crippen molar-refractivity contribution in [2.24, 2.45) is 11.3 Å². The predicted octanol–water partition coefficient (Wildman–Crippen LogP) is 6.20. The standard InChI is InChI=1S/C24H24F3I2NO4S/c1-23-9-8-19(18-7-6-17(10-16(18)12-29)34-35(32,33)24(25,26)27)21(20(23)13-30-22(23)31)15-4-2-14(11-28)3-5-15/h2-7,10,19-21H,8-9,11-13H2,1H3,(H,30,31)/t19-,20-,21-,23+/m0/s1. The van der Waals surface area contributed by atoms with Crippen molar-refractivity contribution in [3.63, 3.8) is 0 Å². The van der Waals surface area contributed by atoms with Gasteiger partial charge in [0.1, 0.15) is 5.75 Å². The van der Waals surface area contributed by atoms with E-state index in [9.17, 15) is 26.4 Å². The first-order chi connectivity index (χ1) is 16.4. The molecular weight excluding hydrogens is 709 g/mol. The third-order valence-electron chi connectivity index (χ3n) is 7.33. The van der Waals surface area contributed by atoms with Crippen LogP contribution in [0.2, 0.25) is 0 Å². The maximum atomic E-state index is 12.8. The maximum absolute atomic E-state index is 12.8. The Morgan fingerprint density at radius 1 is 1.11 bits per heavy atom. The van der Waals surface area contributed by atoms with E-state index in [1.54, 1.807) is 6.07 Å². The average molecular weight is 733 g/mol. The lowest BCUT2D eigenvalue weighted by Gasteiger charge is -2.45. The smallest absolute Gasteiger partial charge is 0.376 e. The molecule has 2 fully saturated rings. The van der Waals surface area contributed by atoms with Gasteiger partial charge in [-0.25, -0.2) is 0 Å². The summed E-state index contributed by atoms with van der Waals surface area (Å²) in [6.45, 7) is 2.58. The normalized spacial score (nSPS) is 26.8. The minimum Gasteiger partial charge on any atom is -0.376 e. The van der Waals surface area contributed by atoms with Crippen LogP contribution >= 0.6 is 45.2 Å². The quantitative estimate of drug-likeness (QED) is 0.166. The maximum Gasteiger partial charge on any atom is 0.534 e. The van der Waals surface area contributed by atoms with Gasteiger partial charge in [0, 0.05) is 15.4 Å². The average Bonchev–Trinajstić information content (AvgIpc) is 3.12. The minimum atomic E-state index is -5.75. The summed E-state index contributed by atoms with van der Waals surface area (Å²) in [5, 5.41) is 3.04. The van der Waals surface area contributed by atoms with Gasteiger partial charge in [0.25, 0.3) is 0 Å². The Balaban J connectivity index is 1.75. The summed E-state index contributed by atoms with van der Waals surface area (Å²) in [6, 6.07) is 12.7. The highest BCUT2D eigenvalue weighted by Crippen LogP contribution is 2.57. The second kappa shape index (κ2) is 9.99. The molecule has 2 aromatic carbocycles. The zero-order valence-electron chi connectivity index (χ0n) is 18.7. The van der Waals surface area contributed by atoms with E-state index in [1.807, 2.05) is 6.92 Å². The molecule has 1 amide bonds. The number of rotatable bonds is 6. The van der Waals surface area contributed by atoms with Crippen molar-refractivity contribution in [3.8, 4) is 5.75 Å². The first-order valence-electron chi connectivity index (χ1n) is 11.0. The van der Waals surface area contributed by atoms with E-state index >= 15 is 0 Å². The molecule has 1 N–H and O–H groups in total. The molecular formula is C24H24F3I2NO4S. The van der Waals surface area contributed by atoms with Crippen LogP contribution < -0.4 is 9.50 Å². The van der Waals surface area contributed by atoms with Gasteiger partial charge >= 0.3 is 15.6 Å². The lowest BCUT2D eigenvalue weighted by atomic mass is 9.57. The fourth-order valence-electron chi connectivity index (χ4n) is 5.46. The van der Waals surface area contributed by atoms with Gasteiger partial charge in [0.05, 0.1) is 5.41 Å². The van der Waals surface area contributed by atoms with Gasteiger partial charge in [0.15, 0.2) is 0 Å². The third kappa shape index (κ3) is 5.05. The number of fused-ring (bicyclic) bond motifs is 1. The van der Waals surface area contributed by atoms with Crippen molar-refractivity contribution < 1.29 is 30.6 Å². The molecule has 4 atom stereocenters. The molecule has 0 unspecified atom stereocenters. The molecule has 1 saturated heterocycles. The fourth-order valence-corrected chi connectivity index (χ4v) is 7.08. The van der Waals surface area contributed by atoms with Crippen LogP contribution in [0.15, 0.2) is 42.5 Å². The molecule has 0 bridgehead atoms. The van der Waals surface area contributed by atoms with Gasteiger partial charge in [-0.3, -0.25) is 4.79 Å². The van der Waals surface area contributed by atoms with E-state index in [0.717, 1.165) is 27.5 Å². The number of hydrogen-bond donors (Lipinski definition) is 1. The highest BCUT2D eigenvalue weighted by molar-refractivity contribution is 14.1. The van der Waals surface area contributed by atoms with Gasteiger partial charge in [-0.1, -0.05) is 82.4 Å². The molecule has 1 aliphatic heterocycles. The molecule has 4 rings (SSSR count). The van der Waals surface area contributed by atoms with Gasteiger partial charge in [-0.2, -0.15) is 21.6 Å². The van der Waals surface area contributed by atoms with Gasteiger partial charge in [-0.05, 0) is 65.0 Å². The van der Waals surface area contributed by atoms with E-state index in [1.165, 1.54) is 17.7 Å². The lowest BCUT2D eigenvalue weighted by Crippen LogP contribution is -2.41. The predicted molar refractivity (Wildman–Crippen MR) is 143 cm³/mol. The van der Waals surface area contributed by atoms with Gasteiger partial charge < -0.3 is 9.50 Å². The van der Waals surface area contributed by atoms with Gasteiger partial charge in [0.2, 0.25) is 5.91 Å². The summed E-state index contributed by atoms with van der Waals surface area (Å²) in [7, 11) is -5.75. The zero-order valence-corrected chi connectivity index (χ0v) is 23.9. The summed E-state index contributed by atoms with van der Waals surface area (Å²) in [6.07, 6.45) is 1.42. The Bertz CT molecular complexity index is 1220. The Morgan fingerprint density at radius 2 is 1.80 bits per heavy atom. The topological polar surface area (TPSA) is 72.5 Å². The molecule has 0 spiro atoms. The molecule has 2 aromatic rings. The van der Waals surface area contributed by atoms with E-state index in [4.69, 9.17) is 0 Å². The number of halogens is 5. The second-order valence-corrected chi connectivity index (χ2v) is 12.3. The Labute approximate surface area is 230 Å². The van der Waals surface area contributed by atoms with Crippen molar-refractivity contribution in [1.29, 1.82) is 0 Å². The van der Waals surface area contributed by atoms with Crippen LogP contribution in [-0.4, -0.2) is 26.4 Å². The number of benzene rings is 2. The second-order valence-electron chi connectivity index (χ2n) is 9.26. The number of nitrogens with one attached hydrogen (secondary N) is 1. The van der Waals surface area contributed by atoms with Gasteiger partial charge in [-0.15, -0.1) is 0 Å². The Morgan fingerprint density at radius 3 is 2.40 bits per heavy atom. The summed E-state index contributed by atoms with van der Waals surface area (Å²) in [4.78, 5) is 12.8. The molecule has 5 nitrogen and oxygen atoms in total. The van der Waals surface area contributed by atoms with E-state index in [2.05, 4.69) is 78.9 Å². The van der Waals surface area contributed by atoms with Crippen molar-refractivity contribution in [2.75, 3.05) is 6.54 Å². The minimum absolute atomic E-state index is 0.0170. The summed E-state index contributed by atoms with van der Waals surface area (Å²) in [5.41, 5.74) is -2.00. The first kappa shape index (κ1) is 27.0. The van der Waals surface area contributed by atoms with E-state index in [-0.39, 0.29) is 29.4 Å². The molecule has 0 aromatic heterocycles. The molecule has 0 radical (unpaired) electrons. The van der Waals surface area contributed by atoms with E-state index in [0.29, 0.717) is 17.4 Å². The summed E-state index contributed by atoms with van der Waals surface area (Å²) >= 11 is 4.43. The van der Waals surface area contributed by atoms with Crippen LogP contribution in [-0.2, 0) is 23.8 Å². The van der Waals surface area contributed by atoms with E-state index < -0.39 is 21.0 Å². The summed E-state index contributed by atoms with van der Waals surface area (Å²) in [5.74, 6) is -0.209. The van der Waals surface area contributed by atoms with Crippen molar-refractivity contribution in [1.82, 2.24) is 5.32 Å². The lowest BCUT2D eigenvalue weighted by molar-refractivity contribution is -0.129. The highest BCUT2D eigenvalue weighted by Gasteiger charge is 2.55. The number of hydrogen-bond acceptors (Lipinski definition) is 4. The molecule has 35 heavy (non-hydrogen) atoms. The van der Waals surface area contributed by atoms with Crippen LogP contribution in [0.4, 0.5) is 13.2 Å². The molecule has 1 heterocycles. The third-order valence-corrected chi connectivity index (χ3v) is 10.0. The monoisotopic (exact) mass is 733 g/mol. The van der Waals surface area contributed by atoms with Crippen molar-refractivity contribution in [3.05, 3.63) is 64.7 Å². The van der Waals surface area contributed by atoms with Crippen LogP contribution in [0.5, 0.6) is 5.75 Å². The molecule has 2 aliphatic rings. The number of carbonyl (C=O) groups is 1. The fraction of sp³-hybridized carbons (Fsp3) is 0.458.